The molecule has 0 aliphatic rings. The number of rotatable bonds is 5. The summed E-state index contributed by atoms with van der Waals surface area (Å²) in [5.74, 6) is -0.423. The van der Waals surface area contributed by atoms with E-state index in [2.05, 4.69) is 20.7 Å². The number of hydrogen-bond donors (Lipinski definition) is 0. The Balaban J connectivity index is 2.70. The number of carbonyl (C=O) groups is 2. The molecule has 1 amide bonds. The lowest BCUT2D eigenvalue weighted by Gasteiger charge is -2.17. The van der Waals surface area contributed by atoms with Gasteiger partial charge in [0.15, 0.2) is 0 Å². The molecule has 0 N–H and O–H groups in total. The zero-order chi connectivity index (χ0) is 13.7. The maximum atomic E-state index is 12.2. The second-order valence-electron chi connectivity index (χ2n) is 3.88. The fourth-order valence-electron chi connectivity index (χ4n) is 1.57. The summed E-state index contributed by atoms with van der Waals surface area (Å²) < 4.78 is 7.28. The summed E-state index contributed by atoms with van der Waals surface area (Å²) in [6, 6.07) is 1.78. The van der Waals surface area contributed by atoms with Gasteiger partial charge in [0.2, 0.25) is 0 Å². The molecule has 0 aromatic carbocycles. The van der Waals surface area contributed by atoms with E-state index in [1.54, 1.807) is 13.1 Å². The van der Waals surface area contributed by atoms with Gasteiger partial charge >= 0.3 is 5.97 Å². The molecule has 100 valence electrons. The molecular formula is C12H17BrN2O3. The number of carbonyl (C=O) groups excluding carboxylic acids is 2. The first-order valence-corrected chi connectivity index (χ1v) is 6.46. The highest BCUT2D eigenvalue weighted by Gasteiger charge is 2.17. The van der Waals surface area contributed by atoms with Crippen LogP contribution in [-0.2, 0) is 16.1 Å². The van der Waals surface area contributed by atoms with E-state index >= 15 is 0 Å². The van der Waals surface area contributed by atoms with Crippen LogP contribution in [0.5, 0.6) is 0 Å². The molecule has 5 nitrogen and oxygen atoms in total. The van der Waals surface area contributed by atoms with Crippen molar-refractivity contribution in [2.24, 2.45) is 0 Å². The predicted molar refractivity (Wildman–Crippen MR) is 71.4 cm³/mol. The molecule has 1 rings (SSSR count). The van der Waals surface area contributed by atoms with Gasteiger partial charge in [0.25, 0.3) is 5.91 Å². The minimum Gasteiger partial charge on any atom is -0.469 e. The maximum absolute atomic E-state index is 12.2. The number of methoxy groups -OCH3 is 1. The fourth-order valence-corrected chi connectivity index (χ4v) is 2.04. The van der Waals surface area contributed by atoms with E-state index in [9.17, 15) is 9.59 Å². The number of ether oxygens (including phenoxy) is 1. The normalized spacial score (nSPS) is 10.2. The molecule has 0 radical (unpaired) electrons. The van der Waals surface area contributed by atoms with Crippen LogP contribution in [0.4, 0.5) is 0 Å². The van der Waals surface area contributed by atoms with Crippen LogP contribution in [0.1, 0.15) is 23.8 Å². The van der Waals surface area contributed by atoms with E-state index in [1.807, 2.05) is 17.7 Å². The third kappa shape index (κ3) is 3.60. The third-order valence-corrected chi connectivity index (χ3v) is 3.08. The van der Waals surface area contributed by atoms with E-state index in [0.717, 1.165) is 11.0 Å². The first-order chi connectivity index (χ1) is 8.49. The Labute approximate surface area is 115 Å². The van der Waals surface area contributed by atoms with Crippen molar-refractivity contribution in [3.05, 3.63) is 22.4 Å². The Morgan fingerprint density at radius 1 is 1.50 bits per heavy atom. The largest absolute Gasteiger partial charge is 0.469 e. The van der Waals surface area contributed by atoms with Gasteiger partial charge in [-0.1, -0.05) is 0 Å². The summed E-state index contributed by atoms with van der Waals surface area (Å²) in [7, 11) is 3.01. The lowest BCUT2D eigenvalue weighted by molar-refractivity contribution is -0.140. The monoisotopic (exact) mass is 316 g/mol. The van der Waals surface area contributed by atoms with Crippen molar-refractivity contribution >= 4 is 27.8 Å². The van der Waals surface area contributed by atoms with Crippen molar-refractivity contribution in [3.63, 3.8) is 0 Å². The molecule has 1 heterocycles. The van der Waals surface area contributed by atoms with Gasteiger partial charge in [0, 0.05) is 30.8 Å². The van der Waals surface area contributed by atoms with E-state index in [4.69, 9.17) is 0 Å². The quantitative estimate of drug-likeness (QED) is 0.780. The summed E-state index contributed by atoms with van der Waals surface area (Å²) >= 11 is 3.35. The number of nitrogens with zero attached hydrogens (tertiary/aromatic N) is 2. The van der Waals surface area contributed by atoms with Gasteiger partial charge in [0.05, 0.1) is 13.5 Å². The summed E-state index contributed by atoms with van der Waals surface area (Å²) in [5, 5.41) is 0. The van der Waals surface area contributed by atoms with Gasteiger partial charge in [-0.2, -0.15) is 0 Å². The van der Waals surface area contributed by atoms with Crippen molar-refractivity contribution in [2.45, 2.75) is 19.9 Å². The van der Waals surface area contributed by atoms with Crippen molar-refractivity contribution < 1.29 is 14.3 Å². The third-order valence-electron chi connectivity index (χ3n) is 2.65. The molecule has 0 unspecified atom stereocenters. The molecule has 0 saturated carbocycles. The second-order valence-corrected chi connectivity index (χ2v) is 4.80. The van der Waals surface area contributed by atoms with Gasteiger partial charge in [-0.05, 0) is 28.9 Å². The Bertz CT molecular complexity index is 443. The number of halogens is 1. The fraction of sp³-hybridized carbons (Fsp3) is 0.500. The first kappa shape index (κ1) is 14.8. The van der Waals surface area contributed by atoms with Crippen LogP contribution in [0.25, 0.3) is 0 Å². The minimum atomic E-state index is -0.318. The van der Waals surface area contributed by atoms with E-state index in [0.29, 0.717) is 12.2 Å². The topological polar surface area (TPSA) is 51.5 Å². The Morgan fingerprint density at radius 2 is 2.17 bits per heavy atom. The van der Waals surface area contributed by atoms with Crippen molar-refractivity contribution in [3.8, 4) is 0 Å². The minimum absolute atomic E-state index is 0.105. The second kappa shape index (κ2) is 6.58. The molecule has 0 fully saturated rings. The van der Waals surface area contributed by atoms with E-state index in [1.165, 1.54) is 12.0 Å². The van der Waals surface area contributed by atoms with Crippen LogP contribution >= 0.6 is 15.9 Å². The molecule has 1 aromatic heterocycles. The lowest BCUT2D eigenvalue weighted by atomic mass is 10.3. The van der Waals surface area contributed by atoms with Crippen molar-refractivity contribution in [1.29, 1.82) is 0 Å². The summed E-state index contributed by atoms with van der Waals surface area (Å²) in [6.07, 6.45) is 2.06. The van der Waals surface area contributed by atoms with Gasteiger partial charge in [-0.15, -0.1) is 0 Å². The van der Waals surface area contributed by atoms with Crippen LogP contribution < -0.4 is 0 Å². The predicted octanol–water partition coefficient (Wildman–Crippen LogP) is 1.91. The average molecular weight is 317 g/mol. The standard InChI is InChI=1S/C12H17BrN2O3/c1-4-15-8-9(13)7-10(15)12(17)14(2)6-5-11(16)18-3/h7-8H,4-6H2,1-3H3. The zero-order valence-electron chi connectivity index (χ0n) is 10.8. The van der Waals surface area contributed by atoms with Crippen LogP contribution in [0, 0.1) is 0 Å². The Morgan fingerprint density at radius 3 is 2.72 bits per heavy atom. The molecule has 18 heavy (non-hydrogen) atoms. The van der Waals surface area contributed by atoms with Gasteiger partial charge in [-0.25, -0.2) is 0 Å². The summed E-state index contributed by atoms with van der Waals surface area (Å²) in [6.45, 7) is 3.03. The molecule has 0 bridgehead atoms. The maximum Gasteiger partial charge on any atom is 0.307 e. The van der Waals surface area contributed by atoms with Gasteiger partial charge in [0.1, 0.15) is 5.69 Å². The molecule has 0 saturated heterocycles. The number of aromatic nitrogens is 1. The van der Waals surface area contributed by atoms with E-state index < -0.39 is 0 Å². The average Bonchev–Trinajstić information content (AvgIpc) is 2.75. The van der Waals surface area contributed by atoms with Gasteiger partial charge in [-0.3, -0.25) is 9.59 Å². The van der Waals surface area contributed by atoms with Crippen molar-refractivity contribution in [1.82, 2.24) is 9.47 Å². The lowest BCUT2D eigenvalue weighted by Crippen LogP contribution is -2.30. The van der Waals surface area contributed by atoms with Gasteiger partial charge < -0.3 is 14.2 Å². The van der Waals surface area contributed by atoms with Crippen LogP contribution in [0.2, 0.25) is 0 Å². The van der Waals surface area contributed by atoms with Crippen LogP contribution in [-0.4, -0.2) is 42.0 Å². The molecule has 1 aromatic rings. The molecular weight excluding hydrogens is 300 g/mol. The Hall–Kier alpha value is -1.30. The highest BCUT2D eigenvalue weighted by atomic mass is 79.9. The first-order valence-electron chi connectivity index (χ1n) is 5.67. The van der Waals surface area contributed by atoms with Crippen LogP contribution in [0.15, 0.2) is 16.7 Å². The van der Waals surface area contributed by atoms with Crippen molar-refractivity contribution in [2.75, 3.05) is 20.7 Å². The SMILES string of the molecule is CCn1cc(Br)cc1C(=O)N(C)CCC(=O)OC. The highest BCUT2D eigenvalue weighted by Crippen LogP contribution is 2.16. The summed E-state index contributed by atoms with van der Waals surface area (Å²) in [5.41, 5.74) is 0.608. The molecule has 0 aliphatic carbocycles. The Kier molecular flexibility index (Phi) is 5.40. The zero-order valence-corrected chi connectivity index (χ0v) is 12.4. The molecule has 0 atom stereocenters. The number of esters is 1. The molecule has 0 aliphatic heterocycles. The summed E-state index contributed by atoms with van der Waals surface area (Å²) in [4.78, 5) is 24.7. The molecule has 0 spiro atoms. The van der Waals surface area contributed by atoms with E-state index in [-0.39, 0.29) is 18.3 Å². The number of hydrogen-bond acceptors (Lipinski definition) is 3. The number of amides is 1. The number of aryl methyl sites for hydroxylation is 1. The molecule has 6 heteroatoms. The highest BCUT2D eigenvalue weighted by molar-refractivity contribution is 9.10. The smallest absolute Gasteiger partial charge is 0.307 e. The van der Waals surface area contributed by atoms with Crippen LogP contribution in [0.3, 0.4) is 0 Å².